The second kappa shape index (κ2) is 6.09. The van der Waals surface area contributed by atoms with Crippen LogP contribution in [0.1, 0.15) is 49.8 Å². The lowest BCUT2D eigenvalue weighted by molar-refractivity contribution is -0.123. The summed E-state index contributed by atoms with van der Waals surface area (Å²) in [4.78, 5) is 18.9. The number of amides is 1. The summed E-state index contributed by atoms with van der Waals surface area (Å²) in [6.45, 7) is 8.66. The Kier molecular flexibility index (Phi) is 3.76. The van der Waals surface area contributed by atoms with E-state index < -0.39 is 5.41 Å². The molecule has 1 amide bonds. The molecule has 5 nitrogen and oxygen atoms in total. The number of aromatic amines is 2. The van der Waals surface area contributed by atoms with E-state index in [1.165, 1.54) is 16.5 Å². The Morgan fingerprint density at radius 2 is 2.11 bits per heavy atom. The monoisotopic (exact) mass is 374 g/mol. The molecular formula is C23H26N4O. The summed E-state index contributed by atoms with van der Waals surface area (Å²) in [6, 6.07) is 4.45. The Morgan fingerprint density at radius 1 is 1.29 bits per heavy atom. The highest BCUT2D eigenvalue weighted by Gasteiger charge is 2.48. The Hall–Kier alpha value is -2.82. The van der Waals surface area contributed by atoms with Crippen LogP contribution in [0, 0.1) is 0 Å². The first-order valence-corrected chi connectivity index (χ1v) is 10.3. The Bertz CT molecular complexity index is 1100. The predicted octanol–water partition coefficient (Wildman–Crippen LogP) is 4.64. The maximum absolute atomic E-state index is 13.4. The first kappa shape index (κ1) is 17.3. The van der Waals surface area contributed by atoms with E-state index in [1.54, 1.807) is 0 Å². The highest BCUT2D eigenvalue weighted by atomic mass is 16.2. The number of hydrogen-bond acceptors (Lipinski definition) is 2. The van der Waals surface area contributed by atoms with E-state index in [-0.39, 0.29) is 5.91 Å². The van der Waals surface area contributed by atoms with Gasteiger partial charge in [-0.05, 0) is 60.9 Å². The molecule has 0 spiro atoms. The Balaban J connectivity index is 1.79. The van der Waals surface area contributed by atoms with Gasteiger partial charge < -0.3 is 9.88 Å². The van der Waals surface area contributed by atoms with Crippen molar-refractivity contribution in [3.8, 4) is 11.4 Å². The molecule has 0 fully saturated rings. The SMILES string of the molecule is C=CCN1C(=O)C(CC)(CC)c2cc3[nH]c4c(c3cc21)CCCc1c[nH]nc1-4. The fraction of sp³-hybridized carbons (Fsp3) is 0.391. The van der Waals surface area contributed by atoms with Crippen molar-refractivity contribution in [2.45, 2.75) is 51.4 Å². The molecule has 2 N–H and O–H groups in total. The molecule has 144 valence electrons. The molecule has 3 heterocycles. The number of fused-ring (bicyclic) bond motifs is 6. The molecule has 0 radical (unpaired) electrons. The smallest absolute Gasteiger partial charge is 0.237 e. The number of nitrogens with zero attached hydrogens (tertiary/aromatic N) is 2. The van der Waals surface area contributed by atoms with E-state index in [9.17, 15) is 4.79 Å². The van der Waals surface area contributed by atoms with Crippen LogP contribution in [0.3, 0.4) is 0 Å². The lowest BCUT2D eigenvalue weighted by Gasteiger charge is -2.25. The average Bonchev–Trinajstić information content (AvgIpc) is 3.33. The second-order valence-electron chi connectivity index (χ2n) is 8.00. The highest BCUT2D eigenvalue weighted by molar-refractivity contribution is 6.11. The number of hydrogen-bond donors (Lipinski definition) is 2. The van der Waals surface area contributed by atoms with Crippen molar-refractivity contribution in [1.82, 2.24) is 15.2 Å². The number of aryl methyl sites for hydroxylation is 2. The number of H-pyrrole nitrogens is 2. The summed E-state index contributed by atoms with van der Waals surface area (Å²) in [5.74, 6) is 0.209. The zero-order valence-corrected chi connectivity index (χ0v) is 16.6. The van der Waals surface area contributed by atoms with E-state index >= 15 is 0 Å². The zero-order chi connectivity index (χ0) is 19.5. The van der Waals surface area contributed by atoms with Crippen molar-refractivity contribution in [1.29, 1.82) is 0 Å². The van der Waals surface area contributed by atoms with Crippen molar-refractivity contribution < 1.29 is 4.79 Å². The van der Waals surface area contributed by atoms with Gasteiger partial charge in [-0.1, -0.05) is 19.9 Å². The van der Waals surface area contributed by atoms with Crippen LogP contribution in [-0.2, 0) is 23.1 Å². The molecular weight excluding hydrogens is 348 g/mol. The minimum atomic E-state index is -0.438. The summed E-state index contributed by atoms with van der Waals surface area (Å²) in [5.41, 5.74) is 7.64. The van der Waals surface area contributed by atoms with Crippen molar-refractivity contribution in [2.75, 3.05) is 11.4 Å². The molecule has 0 saturated heterocycles. The van der Waals surface area contributed by atoms with Gasteiger partial charge in [-0.3, -0.25) is 9.89 Å². The summed E-state index contributed by atoms with van der Waals surface area (Å²) >= 11 is 0. The average molecular weight is 374 g/mol. The molecule has 28 heavy (non-hydrogen) atoms. The largest absolute Gasteiger partial charge is 0.353 e. The number of anilines is 1. The number of aromatic nitrogens is 3. The van der Waals surface area contributed by atoms with Crippen molar-refractivity contribution in [3.05, 3.63) is 47.7 Å². The normalized spacial score (nSPS) is 17.4. The van der Waals surface area contributed by atoms with Crippen LogP contribution in [0.25, 0.3) is 22.3 Å². The maximum Gasteiger partial charge on any atom is 0.237 e. The highest BCUT2D eigenvalue weighted by Crippen LogP contribution is 2.49. The standard InChI is InChI=1S/C23H26N4O/c1-4-10-27-19-11-16-15-9-7-8-14-13-24-26-20(14)21(15)25-18(16)12-17(19)23(5-2,6-3)22(27)28/h4,11-13,25H,1,5-10H2,2-3H3,(H,24,26). The number of rotatable bonds is 4. The molecule has 2 aromatic heterocycles. The predicted molar refractivity (Wildman–Crippen MR) is 113 cm³/mol. The van der Waals surface area contributed by atoms with Gasteiger partial charge in [0, 0.05) is 29.3 Å². The molecule has 0 atom stereocenters. The third-order valence-electron chi connectivity index (χ3n) is 6.83. The quantitative estimate of drug-likeness (QED) is 0.654. The molecule has 0 bridgehead atoms. The van der Waals surface area contributed by atoms with E-state index in [0.717, 1.165) is 60.3 Å². The molecule has 2 aliphatic rings. The van der Waals surface area contributed by atoms with Gasteiger partial charge in [0.1, 0.15) is 5.69 Å². The van der Waals surface area contributed by atoms with Crippen molar-refractivity contribution >= 4 is 22.5 Å². The third kappa shape index (κ3) is 2.07. The molecule has 3 aromatic rings. The van der Waals surface area contributed by atoms with Crippen LogP contribution in [0.15, 0.2) is 31.0 Å². The second-order valence-corrected chi connectivity index (χ2v) is 8.00. The van der Waals surface area contributed by atoms with Crippen molar-refractivity contribution in [3.63, 3.8) is 0 Å². The van der Waals surface area contributed by atoms with E-state index in [1.807, 2.05) is 17.2 Å². The van der Waals surface area contributed by atoms with Gasteiger partial charge in [-0.15, -0.1) is 6.58 Å². The molecule has 5 heteroatoms. The maximum atomic E-state index is 13.4. The van der Waals surface area contributed by atoms with Crippen LogP contribution in [0.5, 0.6) is 0 Å². The summed E-state index contributed by atoms with van der Waals surface area (Å²) < 4.78 is 0. The molecule has 0 saturated carbocycles. The zero-order valence-electron chi connectivity index (χ0n) is 16.6. The Labute approximate surface area is 164 Å². The van der Waals surface area contributed by atoms with Crippen molar-refractivity contribution in [2.24, 2.45) is 0 Å². The first-order chi connectivity index (χ1) is 13.6. The summed E-state index contributed by atoms with van der Waals surface area (Å²) in [6.07, 6.45) is 8.60. The molecule has 1 aliphatic heterocycles. The lowest BCUT2D eigenvalue weighted by atomic mass is 9.76. The number of nitrogens with one attached hydrogen (secondary N) is 2. The molecule has 1 aliphatic carbocycles. The lowest BCUT2D eigenvalue weighted by Crippen LogP contribution is -2.39. The molecule has 5 rings (SSSR count). The van der Waals surface area contributed by atoms with Crippen LogP contribution < -0.4 is 4.90 Å². The van der Waals surface area contributed by atoms with E-state index in [0.29, 0.717) is 6.54 Å². The van der Waals surface area contributed by atoms with Crippen LogP contribution >= 0.6 is 0 Å². The molecule has 0 unspecified atom stereocenters. The summed E-state index contributed by atoms with van der Waals surface area (Å²) in [5, 5.41) is 8.76. The van der Waals surface area contributed by atoms with E-state index in [4.69, 9.17) is 0 Å². The van der Waals surface area contributed by atoms with Gasteiger partial charge in [-0.2, -0.15) is 5.10 Å². The minimum Gasteiger partial charge on any atom is -0.353 e. The van der Waals surface area contributed by atoms with Gasteiger partial charge in [-0.25, -0.2) is 0 Å². The molecule has 1 aromatic carbocycles. The third-order valence-corrected chi connectivity index (χ3v) is 6.83. The number of carbonyl (C=O) groups excluding carboxylic acids is 1. The van der Waals surface area contributed by atoms with Gasteiger partial charge in [0.05, 0.1) is 11.1 Å². The van der Waals surface area contributed by atoms with E-state index in [2.05, 4.69) is 47.7 Å². The minimum absolute atomic E-state index is 0.209. The number of benzene rings is 1. The summed E-state index contributed by atoms with van der Waals surface area (Å²) in [7, 11) is 0. The van der Waals surface area contributed by atoms with Gasteiger partial charge in [0.15, 0.2) is 0 Å². The fourth-order valence-electron chi connectivity index (χ4n) is 5.26. The van der Waals surface area contributed by atoms with Gasteiger partial charge in [0.25, 0.3) is 0 Å². The topological polar surface area (TPSA) is 64.8 Å². The van der Waals surface area contributed by atoms with Crippen LogP contribution in [0.4, 0.5) is 5.69 Å². The Morgan fingerprint density at radius 3 is 2.86 bits per heavy atom. The van der Waals surface area contributed by atoms with Gasteiger partial charge in [0.2, 0.25) is 5.91 Å². The van der Waals surface area contributed by atoms with Crippen LogP contribution in [-0.4, -0.2) is 27.6 Å². The van der Waals surface area contributed by atoms with Crippen LogP contribution in [0.2, 0.25) is 0 Å². The fourth-order valence-corrected chi connectivity index (χ4v) is 5.26. The number of carbonyl (C=O) groups is 1. The first-order valence-electron chi connectivity index (χ1n) is 10.3. The van der Waals surface area contributed by atoms with Gasteiger partial charge >= 0.3 is 0 Å².